The van der Waals surface area contributed by atoms with Crippen LogP contribution in [0.5, 0.6) is 0 Å². The number of benzene rings is 1. The van der Waals surface area contributed by atoms with E-state index >= 15 is 0 Å². The summed E-state index contributed by atoms with van der Waals surface area (Å²) in [7, 11) is 0. The highest BCUT2D eigenvalue weighted by Gasteiger charge is 2.30. The van der Waals surface area contributed by atoms with Crippen LogP contribution in [0.15, 0.2) is 46.3 Å². The van der Waals surface area contributed by atoms with Crippen molar-refractivity contribution in [2.45, 2.75) is 13.1 Å². The number of thioether (sulfide) groups is 1. The molecule has 2 aliphatic heterocycles. The maximum atomic E-state index is 12.6. The van der Waals surface area contributed by atoms with Crippen molar-refractivity contribution in [3.05, 3.63) is 52.4 Å². The summed E-state index contributed by atoms with van der Waals surface area (Å²) >= 11 is 1.31. The number of nitrogens with zero attached hydrogens (tertiary/aromatic N) is 2. The maximum absolute atomic E-state index is 12.6. The first-order chi connectivity index (χ1) is 12.3. The second-order valence-electron chi connectivity index (χ2n) is 5.86. The molecule has 0 unspecified atom stereocenters. The lowest BCUT2D eigenvalue weighted by molar-refractivity contribution is -0.137. The van der Waals surface area contributed by atoms with Crippen molar-refractivity contribution >= 4 is 28.4 Å². The molecule has 1 saturated heterocycles. The van der Waals surface area contributed by atoms with Crippen molar-refractivity contribution in [1.29, 1.82) is 0 Å². The first kappa shape index (κ1) is 18.7. The lowest BCUT2D eigenvalue weighted by Crippen LogP contribution is -2.38. The molecule has 3 rings (SSSR count). The van der Waals surface area contributed by atoms with Gasteiger partial charge in [0.05, 0.1) is 23.7 Å². The van der Waals surface area contributed by atoms with Crippen LogP contribution >= 0.6 is 11.8 Å². The molecule has 26 heavy (non-hydrogen) atoms. The van der Waals surface area contributed by atoms with E-state index in [1.165, 1.54) is 23.9 Å². The Hall–Kier alpha value is -2.06. The van der Waals surface area contributed by atoms with Crippen LogP contribution in [-0.4, -0.2) is 42.3 Å². The molecule has 8 heteroatoms. The Morgan fingerprint density at radius 2 is 1.88 bits per heavy atom. The van der Waals surface area contributed by atoms with Crippen LogP contribution in [-0.2, 0) is 15.7 Å². The van der Waals surface area contributed by atoms with Gasteiger partial charge in [0.2, 0.25) is 0 Å². The molecule has 2 aliphatic rings. The Balaban J connectivity index is 1.69. The van der Waals surface area contributed by atoms with Crippen LogP contribution in [0.3, 0.4) is 0 Å². The number of ether oxygens (including phenoxy) is 1. The summed E-state index contributed by atoms with van der Waals surface area (Å²) in [5, 5.41) is 0.671. The predicted molar refractivity (Wildman–Crippen MR) is 95.6 cm³/mol. The van der Waals surface area contributed by atoms with Gasteiger partial charge in [-0.2, -0.15) is 18.2 Å². The van der Waals surface area contributed by atoms with Crippen molar-refractivity contribution < 1.29 is 22.7 Å². The molecule has 1 amide bonds. The number of hydrogen-bond donors (Lipinski definition) is 0. The van der Waals surface area contributed by atoms with Crippen molar-refractivity contribution in [1.82, 2.24) is 4.90 Å². The number of aliphatic imine (C=N–C) groups is 1. The second kappa shape index (κ2) is 7.67. The van der Waals surface area contributed by atoms with Crippen molar-refractivity contribution in [3.8, 4) is 0 Å². The third-order valence-electron chi connectivity index (χ3n) is 4.04. The minimum atomic E-state index is -4.35. The van der Waals surface area contributed by atoms with Gasteiger partial charge in [-0.3, -0.25) is 4.79 Å². The van der Waals surface area contributed by atoms with Gasteiger partial charge in [0.1, 0.15) is 0 Å². The molecule has 0 atom stereocenters. The average molecular weight is 382 g/mol. The number of halogens is 3. The summed E-state index contributed by atoms with van der Waals surface area (Å²) in [6, 6.07) is 4.95. The Labute approximate surface area is 153 Å². The summed E-state index contributed by atoms with van der Waals surface area (Å²) in [5.74, 6) is -0.298. The van der Waals surface area contributed by atoms with Gasteiger partial charge in [0.25, 0.3) is 5.91 Å². The first-order valence-electron chi connectivity index (χ1n) is 8.04. The average Bonchev–Trinajstić information content (AvgIpc) is 3.00. The van der Waals surface area contributed by atoms with E-state index < -0.39 is 11.7 Å². The fraction of sp³-hybridized carbons (Fsp3) is 0.333. The van der Waals surface area contributed by atoms with Crippen LogP contribution in [0.1, 0.15) is 18.1 Å². The van der Waals surface area contributed by atoms with Gasteiger partial charge in [-0.1, -0.05) is 18.2 Å². The number of amides is 1. The molecule has 0 bridgehead atoms. The summed E-state index contributed by atoms with van der Waals surface area (Å²) in [5.41, 5.74) is 0.747. The molecule has 4 nitrogen and oxygen atoms in total. The van der Waals surface area contributed by atoms with E-state index in [1.807, 2.05) is 4.90 Å². The van der Waals surface area contributed by atoms with E-state index in [0.29, 0.717) is 41.9 Å². The summed E-state index contributed by atoms with van der Waals surface area (Å²) in [4.78, 5) is 18.6. The highest BCUT2D eigenvalue weighted by molar-refractivity contribution is 8.18. The first-order valence-corrected chi connectivity index (χ1v) is 8.86. The van der Waals surface area contributed by atoms with E-state index in [2.05, 4.69) is 4.99 Å². The lowest BCUT2D eigenvalue weighted by atomic mass is 10.0. The van der Waals surface area contributed by atoms with E-state index in [-0.39, 0.29) is 5.91 Å². The Morgan fingerprint density at radius 3 is 2.50 bits per heavy atom. The number of allylic oxidation sites excluding steroid dienone is 3. The summed E-state index contributed by atoms with van der Waals surface area (Å²) < 4.78 is 43.1. The van der Waals surface area contributed by atoms with Gasteiger partial charge in [-0.25, -0.2) is 0 Å². The van der Waals surface area contributed by atoms with Crippen molar-refractivity contribution in [2.75, 3.05) is 26.3 Å². The molecule has 2 heterocycles. The molecule has 1 fully saturated rings. The molecule has 0 N–H and O–H groups in total. The maximum Gasteiger partial charge on any atom is 0.416 e. The highest BCUT2D eigenvalue weighted by atomic mass is 32.2. The molecule has 0 aliphatic carbocycles. The molecule has 0 saturated carbocycles. The number of amidine groups is 1. The van der Waals surface area contributed by atoms with Gasteiger partial charge in [0.15, 0.2) is 5.17 Å². The van der Waals surface area contributed by atoms with Crippen molar-refractivity contribution in [2.24, 2.45) is 4.99 Å². The van der Waals surface area contributed by atoms with E-state index in [0.717, 1.165) is 17.7 Å². The van der Waals surface area contributed by atoms with Crippen LogP contribution in [0.25, 0.3) is 5.57 Å². The molecular weight excluding hydrogens is 365 g/mol. The molecule has 0 spiro atoms. The van der Waals surface area contributed by atoms with Crippen LogP contribution in [0.2, 0.25) is 0 Å². The molecular formula is C18H17F3N2O2S. The zero-order valence-electron chi connectivity index (χ0n) is 14.0. The number of carbonyl (C=O) groups excluding carboxylic acids is 1. The smallest absolute Gasteiger partial charge is 0.378 e. The number of alkyl halides is 3. The Morgan fingerprint density at radius 1 is 1.23 bits per heavy atom. The Bertz CT molecular complexity index is 777. The largest absolute Gasteiger partial charge is 0.416 e. The Kier molecular flexibility index (Phi) is 5.52. The quantitative estimate of drug-likeness (QED) is 0.727. The number of rotatable bonds is 2. The third-order valence-corrected chi connectivity index (χ3v) is 5.11. The zero-order chi connectivity index (χ0) is 18.7. The molecule has 0 radical (unpaired) electrons. The second-order valence-corrected chi connectivity index (χ2v) is 6.87. The topological polar surface area (TPSA) is 41.9 Å². The minimum absolute atomic E-state index is 0.298. The highest BCUT2D eigenvalue weighted by Crippen LogP contribution is 2.31. The lowest BCUT2D eigenvalue weighted by Gasteiger charge is -2.27. The van der Waals surface area contributed by atoms with Crippen LogP contribution < -0.4 is 0 Å². The molecule has 1 aromatic rings. The fourth-order valence-corrected chi connectivity index (χ4v) is 3.43. The van der Waals surface area contributed by atoms with E-state index in [1.54, 1.807) is 19.1 Å². The standard InChI is InChI=1S/C18H17F3N2O2S/c1-12(13-3-5-14(6-4-13)18(19,20)21)2-7-15-16(24)22-17(26-15)23-8-10-25-11-9-23/h2-7H,8-11H2,1H3. The van der Waals surface area contributed by atoms with Crippen LogP contribution in [0, 0.1) is 0 Å². The van der Waals surface area contributed by atoms with Gasteiger partial charge >= 0.3 is 6.18 Å². The molecule has 138 valence electrons. The molecule has 1 aromatic carbocycles. The van der Waals surface area contributed by atoms with E-state index in [9.17, 15) is 18.0 Å². The normalized spacial score (nSPS) is 20.7. The predicted octanol–water partition coefficient (Wildman–Crippen LogP) is 3.95. The SMILES string of the molecule is CC(=CC=C1SC(N2CCOCC2)=NC1=O)c1ccc(C(F)(F)F)cc1. The van der Waals surface area contributed by atoms with Crippen LogP contribution in [0.4, 0.5) is 13.2 Å². The van der Waals surface area contributed by atoms with Crippen molar-refractivity contribution in [3.63, 3.8) is 0 Å². The number of carbonyl (C=O) groups is 1. The zero-order valence-corrected chi connectivity index (χ0v) is 14.9. The minimum Gasteiger partial charge on any atom is -0.378 e. The monoisotopic (exact) mass is 382 g/mol. The van der Waals surface area contributed by atoms with Gasteiger partial charge in [-0.15, -0.1) is 0 Å². The third kappa shape index (κ3) is 4.37. The van der Waals surface area contributed by atoms with E-state index in [4.69, 9.17) is 4.74 Å². The number of morpholine rings is 1. The molecule has 0 aromatic heterocycles. The van der Waals surface area contributed by atoms with Gasteiger partial charge < -0.3 is 9.64 Å². The summed E-state index contributed by atoms with van der Waals surface area (Å²) in [6.07, 6.45) is -0.962. The summed E-state index contributed by atoms with van der Waals surface area (Å²) in [6.45, 7) is 4.41. The van der Waals surface area contributed by atoms with Gasteiger partial charge in [0, 0.05) is 13.1 Å². The van der Waals surface area contributed by atoms with Gasteiger partial charge in [-0.05, 0) is 48.0 Å². The fourth-order valence-electron chi connectivity index (χ4n) is 2.52. The number of hydrogen-bond acceptors (Lipinski definition) is 4.